The first kappa shape index (κ1) is 13.2. The lowest BCUT2D eigenvalue weighted by Gasteiger charge is -2.31. The fourth-order valence-corrected chi connectivity index (χ4v) is 2.07. The molecule has 102 valence electrons. The van der Waals surface area contributed by atoms with Crippen LogP contribution in [0.5, 0.6) is 0 Å². The number of hydrogen-bond acceptors (Lipinski definition) is 5. The van der Waals surface area contributed by atoms with Crippen LogP contribution < -0.4 is 5.32 Å². The molecule has 19 heavy (non-hydrogen) atoms. The molecule has 0 bridgehead atoms. The minimum atomic E-state index is -0.785. The molecular weight excluding hydrogens is 250 g/mol. The van der Waals surface area contributed by atoms with Gasteiger partial charge in [0.15, 0.2) is 0 Å². The van der Waals surface area contributed by atoms with Crippen molar-refractivity contribution in [3.05, 3.63) is 12.4 Å². The van der Waals surface area contributed by atoms with Crippen molar-refractivity contribution >= 4 is 17.9 Å². The maximum Gasteiger partial charge on any atom is 0.324 e. The van der Waals surface area contributed by atoms with Gasteiger partial charge in [-0.1, -0.05) is 0 Å². The maximum absolute atomic E-state index is 11.9. The Morgan fingerprint density at radius 1 is 1.37 bits per heavy atom. The van der Waals surface area contributed by atoms with Crippen LogP contribution in [0, 0.1) is 5.92 Å². The van der Waals surface area contributed by atoms with E-state index >= 15 is 0 Å². The minimum Gasteiger partial charge on any atom is -0.481 e. The summed E-state index contributed by atoms with van der Waals surface area (Å²) in [5, 5.41) is 18.6. The van der Waals surface area contributed by atoms with Crippen molar-refractivity contribution < 1.29 is 14.7 Å². The van der Waals surface area contributed by atoms with Gasteiger partial charge in [-0.05, 0) is 18.8 Å². The Morgan fingerprint density at radius 3 is 2.68 bits per heavy atom. The second-order valence-corrected chi connectivity index (χ2v) is 4.42. The van der Waals surface area contributed by atoms with Gasteiger partial charge in [-0.15, -0.1) is 5.10 Å². The van der Waals surface area contributed by atoms with Crippen molar-refractivity contribution in [3.8, 4) is 0 Å². The summed E-state index contributed by atoms with van der Waals surface area (Å²) in [5.74, 6) is -0.469. The molecule has 8 nitrogen and oxygen atoms in total. The number of aromatic nitrogens is 3. The first-order valence-electron chi connectivity index (χ1n) is 6.06. The predicted octanol–water partition coefficient (Wildman–Crippen LogP) is 0.590. The minimum absolute atomic E-state index is 0.149. The fraction of sp³-hybridized carbons (Fsp3) is 0.545. The number of nitrogens with one attached hydrogen (secondary N) is 1. The highest BCUT2D eigenvalue weighted by Gasteiger charge is 2.24. The molecule has 1 fully saturated rings. The number of carboxylic acid groups (broad SMARTS) is 1. The number of aliphatic carboxylic acids is 1. The molecule has 0 atom stereocenters. The lowest BCUT2D eigenvalue weighted by molar-refractivity contribution is -0.138. The lowest BCUT2D eigenvalue weighted by atomic mass is 9.94. The lowest BCUT2D eigenvalue weighted by Crippen LogP contribution is -2.41. The van der Waals surface area contributed by atoms with Crippen molar-refractivity contribution in [2.75, 3.05) is 18.4 Å². The summed E-state index contributed by atoms with van der Waals surface area (Å²) in [6, 6.07) is -0.276. The number of amides is 2. The number of nitrogens with zero attached hydrogens (tertiary/aromatic N) is 4. The highest BCUT2D eigenvalue weighted by Crippen LogP contribution is 2.20. The standard InChI is InChI=1S/C11H15N5O3/c17-9(18)7-8-1-5-16(6-2-8)11(19)14-10-12-3-4-13-15-10/h3-4,8H,1-2,5-7H2,(H,17,18)(H,12,14,15,19). The van der Waals surface area contributed by atoms with Crippen LogP contribution in [0.1, 0.15) is 19.3 Å². The van der Waals surface area contributed by atoms with E-state index in [2.05, 4.69) is 20.5 Å². The Hall–Kier alpha value is -2.25. The van der Waals surface area contributed by atoms with Crippen molar-refractivity contribution in [1.29, 1.82) is 0 Å². The molecule has 0 radical (unpaired) electrons. The molecule has 8 heteroatoms. The van der Waals surface area contributed by atoms with Crippen molar-refractivity contribution in [1.82, 2.24) is 20.1 Å². The SMILES string of the molecule is O=C(O)CC1CCN(C(=O)Nc2nccnn2)CC1. The van der Waals surface area contributed by atoms with Crippen LogP contribution in [0.3, 0.4) is 0 Å². The van der Waals surface area contributed by atoms with Crippen molar-refractivity contribution in [2.24, 2.45) is 5.92 Å². The Morgan fingerprint density at radius 2 is 2.11 bits per heavy atom. The van der Waals surface area contributed by atoms with E-state index in [4.69, 9.17) is 5.11 Å². The largest absolute Gasteiger partial charge is 0.481 e. The molecule has 2 heterocycles. The Balaban J connectivity index is 1.81. The van der Waals surface area contributed by atoms with Crippen LogP contribution in [0.15, 0.2) is 12.4 Å². The normalized spacial score (nSPS) is 16.1. The number of anilines is 1. The molecule has 0 aromatic carbocycles. The molecule has 2 N–H and O–H groups in total. The topological polar surface area (TPSA) is 108 Å². The summed E-state index contributed by atoms with van der Waals surface area (Å²) < 4.78 is 0. The Bertz CT molecular complexity index is 445. The molecule has 1 aliphatic heterocycles. The third-order valence-corrected chi connectivity index (χ3v) is 3.07. The Kier molecular flexibility index (Phi) is 4.22. The van der Waals surface area contributed by atoms with Gasteiger partial charge in [-0.25, -0.2) is 9.78 Å². The second kappa shape index (κ2) is 6.07. The van der Waals surface area contributed by atoms with Crippen LogP contribution in [-0.4, -0.2) is 50.3 Å². The number of rotatable bonds is 3. The van der Waals surface area contributed by atoms with E-state index in [9.17, 15) is 9.59 Å². The summed E-state index contributed by atoms with van der Waals surface area (Å²) in [4.78, 5) is 28.0. The first-order valence-corrected chi connectivity index (χ1v) is 6.06. The van der Waals surface area contributed by atoms with Crippen molar-refractivity contribution in [3.63, 3.8) is 0 Å². The molecule has 0 spiro atoms. The van der Waals surface area contributed by atoms with Gasteiger partial charge in [0.1, 0.15) is 0 Å². The van der Waals surface area contributed by atoms with E-state index in [-0.39, 0.29) is 24.3 Å². The van der Waals surface area contributed by atoms with E-state index < -0.39 is 5.97 Å². The monoisotopic (exact) mass is 265 g/mol. The van der Waals surface area contributed by atoms with Crippen LogP contribution in [0.2, 0.25) is 0 Å². The van der Waals surface area contributed by atoms with E-state index in [0.717, 1.165) is 0 Å². The van der Waals surface area contributed by atoms with E-state index in [1.807, 2.05) is 0 Å². The van der Waals surface area contributed by atoms with E-state index in [0.29, 0.717) is 25.9 Å². The molecule has 0 saturated carbocycles. The van der Waals surface area contributed by atoms with E-state index in [1.54, 1.807) is 4.90 Å². The van der Waals surface area contributed by atoms with Gasteiger partial charge < -0.3 is 10.0 Å². The third-order valence-electron chi connectivity index (χ3n) is 3.07. The van der Waals surface area contributed by atoms with Gasteiger partial charge in [0, 0.05) is 19.5 Å². The quantitative estimate of drug-likeness (QED) is 0.828. The number of carboxylic acids is 1. The molecule has 2 amide bonds. The highest BCUT2D eigenvalue weighted by molar-refractivity contribution is 5.87. The van der Waals surface area contributed by atoms with Crippen LogP contribution >= 0.6 is 0 Å². The number of carbonyl (C=O) groups is 2. The molecular formula is C11H15N5O3. The number of carbonyl (C=O) groups excluding carboxylic acids is 1. The smallest absolute Gasteiger partial charge is 0.324 e. The number of urea groups is 1. The second-order valence-electron chi connectivity index (χ2n) is 4.42. The summed E-state index contributed by atoms with van der Waals surface area (Å²) >= 11 is 0. The maximum atomic E-state index is 11.9. The van der Waals surface area contributed by atoms with Gasteiger partial charge in [0.25, 0.3) is 5.95 Å². The van der Waals surface area contributed by atoms with Gasteiger partial charge in [0.05, 0.1) is 12.4 Å². The molecule has 1 saturated heterocycles. The molecule has 1 aromatic heterocycles. The number of likely N-dealkylation sites (tertiary alicyclic amines) is 1. The molecule has 0 aliphatic carbocycles. The molecule has 1 aromatic rings. The average molecular weight is 265 g/mol. The van der Waals surface area contributed by atoms with Gasteiger partial charge in [-0.3, -0.25) is 10.1 Å². The van der Waals surface area contributed by atoms with Crippen LogP contribution in [0.25, 0.3) is 0 Å². The van der Waals surface area contributed by atoms with E-state index in [1.165, 1.54) is 12.4 Å². The summed E-state index contributed by atoms with van der Waals surface area (Å²) in [6.45, 7) is 1.09. The zero-order valence-electron chi connectivity index (χ0n) is 10.3. The van der Waals surface area contributed by atoms with Crippen molar-refractivity contribution in [2.45, 2.75) is 19.3 Å². The number of piperidine rings is 1. The summed E-state index contributed by atoms with van der Waals surface area (Å²) in [6.07, 6.45) is 4.44. The summed E-state index contributed by atoms with van der Waals surface area (Å²) in [5.41, 5.74) is 0. The third kappa shape index (κ3) is 3.87. The number of hydrogen-bond donors (Lipinski definition) is 2. The van der Waals surface area contributed by atoms with Crippen LogP contribution in [-0.2, 0) is 4.79 Å². The molecule has 1 aliphatic rings. The zero-order chi connectivity index (χ0) is 13.7. The zero-order valence-corrected chi connectivity index (χ0v) is 10.3. The van der Waals surface area contributed by atoms with Crippen LogP contribution in [0.4, 0.5) is 10.7 Å². The highest BCUT2D eigenvalue weighted by atomic mass is 16.4. The summed E-state index contributed by atoms with van der Waals surface area (Å²) in [7, 11) is 0. The average Bonchev–Trinajstić information content (AvgIpc) is 2.40. The molecule has 0 unspecified atom stereocenters. The fourth-order valence-electron chi connectivity index (χ4n) is 2.07. The first-order chi connectivity index (χ1) is 9.15. The van der Waals surface area contributed by atoms with Gasteiger partial charge in [0.2, 0.25) is 0 Å². The predicted molar refractivity (Wildman–Crippen MR) is 65.4 cm³/mol. The van der Waals surface area contributed by atoms with Gasteiger partial charge in [-0.2, -0.15) is 5.10 Å². The van der Waals surface area contributed by atoms with Gasteiger partial charge >= 0.3 is 12.0 Å². The Labute approximate surface area is 109 Å². The molecule has 2 rings (SSSR count).